The Labute approximate surface area is 157 Å². The summed E-state index contributed by atoms with van der Waals surface area (Å²) >= 11 is 0. The largest absolute Gasteiger partial charge is 0.341 e. The van der Waals surface area contributed by atoms with Gasteiger partial charge in [-0.15, -0.1) is 0 Å². The van der Waals surface area contributed by atoms with Crippen LogP contribution in [0.1, 0.15) is 31.2 Å². The number of carbonyl (C=O) groups excluding carboxylic acids is 1. The summed E-state index contributed by atoms with van der Waals surface area (Å²) in [5.41, 5.74) is 2.21. The Kier molecular flexibility index (Phi) is 4.75. The van der Waals surface area contributed by atoms with Gasteiger partial charge >= 0.3 is 0 Å². The van der Waals surface area contributed by atoms with E-state index in [4.69, 9.17) is 0 Å². The summed E-state index contributed by atoms with van der Waals surface area (Å²) in [6.45, 7) is 3.56. The Morgan fingerprint density at radius 2 is 1.85 bits per heavy atom. The van der Waals surface area contributed by atoms with Crippen LogP contribution in [0.3, 0.4) is 0 Å². The number of hydrogen-bond donors (Lipinski definition) is 0. The number of likely N-dealkylation sites (tertiary alicyclic amines) is 1. The molecule has 3 aromatic rings. The van der Waals surface area contributed by atoms with Crippen LogP contribution in [0.2, 0.25) is 0 Å². The molecule has 2 aromatic heterocycles. The van der Waals surface area contributed by atoms with Gasteiger partial charge in [-0.05, 0) is 31.4 Å². The predicted octanol–water partition coefficient (Wildman–Crippen LogP) is 2.29. The fraction of sp³-hybridized carbons (Fsp3) is 0.400. The third-order valence-electron chi connectivity index (χ3n) is 5.16. The molecule has 0 bridgehead atoms. The minimum atomic E-state index is -0.233. The molecule has 0 N–H and O–H groups in total. The van der Waals surface area contributed by atoms with E-state index in [0.29, 0.717) is 11.0 Å². The van der Waals surface area contributed by atoms with Gasteiger partial charge in [0, 0.05) is 13.1 Å². The van der Waals surface area contributed by atoms with Crippen LogP contribution in [0.25, 0.3) is 16.7 Å². The number of rotatable bonds is 3. The molecule has 140 valence electrons. The van der Waals surface area contributed by atoms with Crippen molar-refractivity contribution < 1.29 is 4.79 Å². The average Bonchev–Trinajstić information content (AvgIpc) is 2.91. The summed E-state index contributed by atoms with van der Waals surface area (Å²) in [7, 11) is 0. The molecule has 1 amide bonds. The van der Waals surface area contributed by atoms with Gasteiger partial charge in [-0.2, -0.15) is 5.10 Å². The molecule has 0 aliphatic carbocycles. The molecule has 0 radical (unpaired) electrons. The number of para-hydroxylation sites is 1. The second-order valence-electron chi connectivity index (χ2n) is 7.05. The first kappa shape index (κ1) is 17.5. The van der Waals surface area contributed by atoms with Crippen LogP contribution in [-0.4, -0.2) is 43.2 Å². The number of amides is 1. The Bertz CT molecular complexity index is 1030. The Morgan fingerprint density at radius 1 is 1.11 bits per heavy atom. The lowest BCUT2D eigenvalue weighted by molar-refractivity contribution is -0.131. The quantitative estimate of drug-likeness (QED) is 0.714. The van der Waals surface area contributed by atoms with Crippen molar-refractivity contribution in [2.45, 2.75) is 39.2 Å². The monoisotopic (exact) mass is 365 g/mol. The Hall–Kier alpha value is -2.96. The van der Waals surface area contributed by atoms with E-state index in [2.05, 4.69) is 10.1 Å². The van der Waals surface area contributed by atoms with E-state index in [-0.39, 0.29) is 18.0 Å². The summed E-state index contributed by atoms with van der Waals surface area (Å²) in [5, 5.41) is 4.78. The topological polar surface area (TPSA) is 73.0 Å². The molecular weight excluding hydrogens is 342 g/mol. The molecule has 1 fully saturated rings. The molecule has 7 heteroatoms. The highest BCUT2D eigenvalue weighted by Crippen LogP contribution is 2.17. The van der Waals surface area contributed by atoms with Gasteiger partial charge in [0.05, 0.1) is 11.9 Å². The first-order chi connectivity index (χ1) is 13.1. The molecule has 1 saturated heterocycles. The standard InChI is InChI=1S/C20H23N5O2/c1-15-8-4-5-9-17(15)25-19-16(12-22-25)20(27)24(14-21-19)13-18(26)23-10-6-2-3-7-11-23/h4-5,8-9,12,14H,2-3,6-7,10-11,13H2,1H3. The lowest BCUT2D eigenvalue weighted by Gasteiger charge is -2.20. The predicted molar refractivity (Wildman–Crippen MR) is 103 cm³/mol. The van der Waals surface area contributed by atoms with Crippen molar-refractivity contribution in [3.05, 3.63) is 52.7 Å². The van der Waals surface area contributed by atoms with Gasteiger partial charge in [-0.3, -0.25) is 14.2 Å². The normalized spacial score (nSPS) is 15.1. The summed E-state index contributed by atoms with van der Waals surface area (Å²) in [6.07, 6.45) is 7.37. The molecule has 0 unspecified atom stereocenters. The number of aryl methyl sites for hydroxylation is 1. The van der Waals surface area contributed by atoms with Crippen LogP contribution in [0.15, 0.2) is 41.6 Å². The molecule has 0 saturated carbocycles. The van der Waals surface area contributed by atoms with Crippen LogP contribution in [0, 0.1) is 6.92 Å². The minimum absolute atomic E-state index is 0.0218. The Morgan fingerprint density at radius 3 is 2.59 bits per heavy atom. The highest BCUT2D eigenvalue weighted by Gasteiger charge is 2.18. The second kappa shape index (κ2) is 7.34. The summed E-state index contributed by atoms with van der Waals surface area (Å²) < 4.78 is 3.06. The van der Waals surface area contributed by atoms with Crippen molar-refractivity contribution in [1.29, 1.82) is 0 Å². The minimum Gasteiger partial charge on any atom is -0.341 e. The zero-order valence-corrected chi connectivity index (χ0v) is 15.5. The highest BCUT2D eigenvalue weighted by atomic mass is 16.2. The molecule has 0 spiro atoms. The number of aromatic nitrogens is 4. The van der Waals surface area contributed by atoms with Crippen molar-refractivity contribution in [3.63, 3.8) is 0 Å². The van der Waals surface area contributed by atoms with Crippen LogP contribution in [-0.2, 0) is 11.3 Å². The summed E-state index contributed by atoms with van der Waals surface area (Å²) in [5.74, 6) is -0.0218. The first-order valence-corrected chi connectivity index (χ1v) is 9.42. The lowest BCUT2D eigenvalue weighted by Crippen LogP contribution is -2.37. The molecule has 4 rings (SSSR count). The van der Waals surface area contributed by atoms with E-state index in [0.717, 1.165) is 50.0 Å². The number of hydrogen-bond acceptors (Lipinski definition) is 4. The zero-order valence-electron chi connectivity index (χ0n) is 15.5. The van der Waals surface area contributed by atoms with Crippen LogP contribution in [0.4, 0.5) is 0 Å². The van der Waals surface area contributed by atoms with Crippen LogP contribution in [0.5, 0.6) is 0 Å². The SMILES string of the molecule is Cc1ccccc1-n1ncc2c(=O)n(CC(=O)N3CCCCCC3)cnc21. The van der Waals surface area contributed by atoms with Gasteiger partial charge in [-0.1, -0.05) is 31.0 Å². The van der Waals surface area contributed by atoms with Crippen molar-refractivity contribution in [1.82, 2.24) is 24.2 Å². The average molecular weight is 365 g/mol. The van der Waals surface area contributed by atoms with E-state index in [1.165, 1.54) is 17.1 Å². The van der Waals surface area contributed by atoms with Crippen LogP contribution < -0.4 is 5.56 Å². The third-order valence-corrected chi connectivity index (χ3v) is 5.16. The summed E-state index contributed by atoms with van der Waals surface area (Å²) in [6, 6.07) is 7.82. The maximum absolute atomic E-state index is 12.8. The third kappa shape index (κ3) is 3.37. The number of fused-ring (bicyclic) bond motifs is 1. The van der Waals surface area contributed by atoms with Crippen molar-refractivity contribution in [3.8, 4) is 5.69 Å². The van der Waals surface area contributed by atoms with Gasteiger partial charge < -0.3 is 4.90 Å². The first-order valence-electron chi connectivity index (χ1n) is 9.42. The summed E-state index contributed by atoms with van der Waals surface area (Å²) in [4.78, 5) is 31.7. The molecular formula is C20H23N5O2. The fourth-order valence-electron chi connectivity index (χ4n) is 3.60. The van der Waals surface area contributed by atoms with Crippen LogP contribution >= 0.6 is 0 Å². The zero-order chi connectivity index (χ0) is 18.8. The van der Waals surface area contributed by atoms with Gasteiger partial charge in [0.25, 0.3) is 5.56 Å². The van der Waals surface area contributed by atoms with E-state index < -0.39 is 0 Å². The van der Waals surface area contributed by atoms with Crippen molar-refractivity contribution in [2.24, 2.45) is 0 Å². The molecule has 1 aliphatic rings. The van der Waals surface area contributed by atoms with E-state index >= 15 is 0 Å². The second-order valence-corrected chi connectivity index (χ2v) is 7.05. The lowest BCUT2D eigenvalue weighted by atomic mass is 10.2. The highest BCUT2D eigenvalue weighted by molar-refractivity contribution is 5.78. The Balaban J connectivity index is 1.64. The van der Waals surface area contributed by atoms with Crippen molar-refractivity contribution in [2.75, 3.05) is 13.1 Å². The molecule has 27 heavy (non-hydrogen) atoms. The fourth-order valence-corrected chi connectivity index (χ4v) is 3.60. The van der Waals surface area contributed by atoms with Gasteiger partial charge in [0.1, 0.15) is 18.3 Å². The molecule has 1 aliphatic heterocycles. The molecule has 3 heterocycles. The number of nitrogens with zero attached hydrogens (tertiary/aromatic N) is 5. The van der Waals surface area contributed by atoms with E-state index in [1.807, 2.05) is 36.1 Å². The van der Waals surface area contributed by atoms with Gasteiger partial charge in [-0.25, -0.2) is 9.67 Å². The maximum Gasteiger partial charge on any atom is 0.264 e. The van der Waals surface area contributed by atoms with E-state index in [9.17, 15) is 9.59 Å². The molecule has 1 aromatic carbocycles. The van der Waals surface area contributed by atoms with Gasteiger partial charge in [0.15, 0.2) is 5.65 Å². The molecule has 0 atom stereocenters. The van der Waals surface area contributed by atoms with Crippen molar-refractivity contribution >= 4 is 16.9 Å². The molecule has 7 nitrogen and oxygen atoms in total. The van der Waals surface area contributed by atoms with E-state index in [1.54, 1.807) is 4.68 Å². The number of benzene rings is 1. The smallest absolute Gasteiger partial charge is 0.264 e. The van der Waals surface area contributed by atoms with Gasteiger partial charge in [0.2, 0.25) is 5.91 Å². The number of carbonyl (C=O) groups is 1. The maximum atomic E-state index is 12.8.